The molecule has 5 aromatic carbocycles. The van der Waals surface area contributed by atoms with Gasteiger partial charge in [-0.3, -0.25) is 0 Å². The Bertz CT molecular complexity index is 1350. The summed E-state index contributed by atoms with van der Waals surface area (Å²) in [6, 6.07) is 34.6. The van der Waals surface area contributed by atoms with Gasteiger partial charge >= 0.3 is 6.92 Å². The highest BCUT2D eigenvalue weighted by molar-refractivity contribution is 6.80. The van der Waals surface area contributed by atoms with E-state index >= 15 is 0 Å². The van der Waals surface area contributed by atoms with Crippen LogP contribution in [0.4, 0.5) is 0 Å². The fraction of sp³-hybridized carbons (Fsp3) is 0.0370. The van der Waals surface area contributed by atoms with Crippen molar-refractivity contribution in [1.29, 1.82) is 0 Å². The van der Waals surface area contributed by atoms with Crippen molar-refractivity contribution < 1.29 is 9.76 Å². The van der Waals surface area contributed by atoms with E-state index in [1.807, 2.05) is 66.7 Å². The van der Waals surface area contributed by atoms with Crippen molar-refractivity contribution in [2.75, 3.05) is 7.11 Å². The van der Waals surface area contributed by atoms with Gasteiger partial charge in [-0.25, -0.2) is 0 Å². The molecule has 0 heterocycles. The van der Waals surface area contributed by atoms with Crippen LogP contribution < -0.4 is 15.7 Å². The van der Waals surface area contributed by atoms with Gasteiger partial charge in [-0.1, -0.05) is 97.1 Å². The second-order valence-corrected chi connectivity index (χ2v) is 7.43. The van der Waals surface area contributed by atoms with Gasteiger partial charge in [-0.2, -0.15) is 0 Å². The summed E-state index contributed by atoms with van der Waals surface area (Å²) in [7, 11) is 1.70. The van der Waals surface area contributed by atoms with Crippen LogP contribution in [0.1, 0.15) is 0 Å². The molecule has 0 saturated heterocycles. The van der Waals surface area contributed by atoms with E-state index in [-0.39, 0.29) is 0 Å². The number of ether oxygens (including phenoxy) is 1. The van der Waals surface area contributed by atoms with Crippen LogP contribution in [0.5, 0.6) is 5.75 Å². The molecule has 3 heteroatoms. The number of fused-ring (bicyclic) bond motifs is 2. The van der Waals surface area contributed by atoms with Gasteiger partial charge in [0.15, 0.2) is 0 Å². The van der Waals surface area contributed by atoms with Gasteiger partial charge in [-0.15, -0.1) is 0 Å². The Kier molecular flexibility index (Phi) is 4.74. The van der Waals surface area contributed by atoms with E-state index in [0.717, 1.165) is 49.3 Å². The molecule has 0 aliphatic carbocycles. The van der Waals surface area contributed by atoms with E-state index in [0.29, 0.717) is 0 Å². The fourth-order valence-electron chi connectivity index (χ4n) is 4.29. The molecule has 0 atom stereocenters. The standard InChI is InChI=1S/C27H21BO2/c1-30-25-18-16-20-10-6-8-14-23(20)27(25)26-22-13-7-5-9-19(22)15-17-24(26)28(29)21-11-3-2-4-12-21/h2-18,29H,1H3. The topological polar surface area (TPSA) is 29.5 Å². The average molecular weight is 388 g/mol. The minimum absolute atomic E-state index is 0.741. The molecular formula is C27H21BO2. The van der Waals surface area contributed by atoms with Gasteiger partial charge in [0.1, 0.15) is 5.75 Å². The van der Waals surface area contributed by atoms with Crippen molar-refractivity contribution in [3.05, 3.63) is 103 Å². The quantitative estimate of drug-likeness (QED) is 0.450. The molecule has 0 radical (unpaired) electrons. The van der Waals surface area contributed by atoms with Crippen LogP contribution in [0, 0.1) is 0 Å². The van der Waals surface area contributed by atoms with Crippen LogP contribution in [0.3, 0.4) is 0 Å². The predicted octanol–water partition coefficient (Wildman–Crippen LogP) is 4.77. The number of benzene rings is 5. The third-order valence-corrected chi connectivity index (χ3v) is 5.73. The van der Waals surface area contributed by atoms with E-state index in [9.17, 15) is 5.02 Å². The van der Waals surface area contributed by atoms with E-state index < -0.39 is 6.92 Å². The molecule has 0 saturated carbocycles. The molecule has 30 heavy (non-hydrogen) atoms. The van der Waals surface area contributed by atoms with Crippen molar-refractivity contribution in [3.8, 4) is 16.9 Å². The first-order chi connectivity index (χ1) is 14.8. The summed E-state index contributed by atoms with van der Waals surface area (Å²) in [6.07, 6.45) is 0. The maximum Gasteiger partial charge on any atom is 0.359 e. The molecule has 0 fully saturated rings. The number of hydrogen-bond donors (Lipinski definition) is 1. The lowest BCUT2D eigenvalue weighted by Gasteiger charge is -2.20. The van der Waals surface area contributed by atoms with Gasteiger partial charge in [0.25, 0.3) is 0 Å². The van der Waals surface area contributed by atoms with Gasteiger partial charge in [0, 0.05) is 5.56 Å². The first-order valence-corrected chi connectivity index (χ1v) is 10.1. The summed E-state index contributed by atoms with van der Waals surface area (Å²) >= 11 is 0. The Hall–Kier alpha value is -3.56. The number of methoxy groups -OCH3 is 1. The molecular weight excluding hydrogens is 367 g/mol. The van der Waals surface area contributed by atoms with E-state index in [2.05, 4.69) is 36.4 Å². The Morgan fingerprint density at radius 2 is 1.17 bits per heavy atom. The number of hydrogen-bond acceptors (Lipinski definition) is 2. The highest BCUT2D eigenvalue weighted by atomic mass is 16.5. The lowest BCUT2D eigenvalue weighted by atomic mass is 9.53. The molecule has 0 aliphatic rings. The average Bonchev–Trinajstić information content (AvgIpc) is 2.82. The van der Waals surface area contributed by atoms with Crippen molar-refractivity contribution in [1.82, 2.24) is 0 Å². The van der Waals surface area contributed by atoms with Crippen molar-refractivity contribution in [3.63, 3.8) is 0 Å². The first-order valence-electron chi connectivity index (χ1n) is 10.1. The second-order valence-electron chi connectivity index (χ2n) is 7.43. The maximum atomic E-state index is 11.4. The van der Waals surface area contributed by atoms with E-state index in [1.54, 1.807) is 7.11 Å². The summed E-state index contributed by atoms with van der Waals surface area (Å²) in [5.74, 6) is 0.798. The monoisotopic (exact) mass is 388 g/mol. The third-order valence-electron chi connectivity index (χ3n) is 5.73. The molecule has 0 aromatic heterocycles. The smallest absolute Gasteiger partial charge is 0.359 e. The van der Waals surface area contributed by atoms with E-state index in [1.165, 1.54) is 0 Å². The van der Waals surface area contributed by atoms with Crippen LogP contribution in [0.25, 0.3) is 32.7 Å². The minimum atomic E-state index is -0.741. The molecule has 5 rings (SSSR count). The summed E-state index contributed by atoms with van der Waals surface area (Å²) < 4.78 is 5.82. The SMILES string of the molecule is COc1ccc2ccccc2c1-c1c(B(O)c2ccccc2)ccc2ccccc12. The third kappa shape index (κ3) is 3.04. The molecule has 0 unspecified atom stereocenters. The highest BCUT2D eigenvalue weighted by Crippen LogP contribution is 2.39. The zero-order valence-corrected chi connectivity index (χ0v) is 16.7. The lowest BCUT2D eigenvalue weighted by molar-refractivity contribution is 0.417. The lowest BCUT2D eigenvalue weighted by Crippen LogP contribution is -2.43. The molecule has 0 amide bonds. The van der Waals surface area contributed by atoms with Crippen LogP contribution in [-0.4, -0.2) is 19.0 Å². The van der Waals surface area contributed by atoms with Crippen LogP contribution in [-0.2, 0) is 0 Å². The second kappa shape index (κ2) is 7.70. The van der Waals surface area contributed by atoms with E-state index in [4.69, 9.17) is 4.74 Å². The first kappa shape index (κ1) is 18.5. The largest absolute Gasteiger partial charge is 0.496 e. The Morgan fingerprint density at radius 1 is 0.600 bits per heavy atom. The maximum absolute atomic E-state index is 11.4. The summed E-state index contributed by atoms with van der Waals surface area (Å²) in [6.45, 7) is -0.741. The molecule has 5 aromatic rings. The van der Waals surface area contributed by atoms with Crippen LogP contribution in [0.2, 0.25) is 0 Å². The Morgan fingerprint density at radius 3 is 1.83 bits per heavy atom. The van der Waals surface area contributed by atoms with Gasteiger partial charge in [0.05, 0.1) is 7.11 Å². The minimum Gasteiger partial charge on any atom is -0.496 e. The summed E-state index contributed by atoms with van der Waals surface area (Å²) in [4.78, 5) is 0. The fourth-order valence-corrected chi connectivity index (χ4v) is 4.29. The van der Waals surface area contributed by atoms with Crippen molar-refractivity contribution in [2.24, 2.45) is 0 Å². The molecule has 1 N–H and O–H groups in total. The summed E-state index contributed by atoms with van der Waals surface area (Å²) in [5.41, 5.74) is 3.76. The van der Waals surface area contributed by atoms with Crippen LogP contribution in [0.15, 0.2) is 103 Å². The molecule has 0 aliphatic heterocycles. The summed E-state index contributed by atoms with van der Waals surface area (Å²) in [5, 5.41) is 15.9. The molecule has 144 valence electrons. The van der Waals surface area contributed by atoms with Crippen molar-refractivity contribution in [2.45, 2.75) is 0 Å². The van der Waals surface area contributed by atoms with Crippen LogP contribution >= 0.6 is 0 Å². The molecule has 0 bridgehead atoms. The van der Waals surface area contributed by atoms with Gasteiger partial charge in [-0.05, 0) is 44.1 Å². The zero-order valence-electron chi connectivity index (χ0n) is 16.7. The normalized spacial score (nSPS) is 11.0. The number of rotatable bonds is 4. The van der Waals surface area contributed by atoms with Gasteiger partial charge in [0.2, 0.25) is 0 Å². The predicted molar refractivity (Wildman–Crippen MR) is 127 cm³/mol. The van der Waals surface area contributed by atoms with Crippen molar-refractivity contribution >= 4 is 39.4 Å². The Balaban J connectivity index is 1.91. The molecule has 2 nitrogen and oxygen atoms in total. The van der Waals surface area contributed by atoms with Gasteiger partial charge < -0.3 is 9.76 Å². The Labute approximate surface area is 176 Å². The molecule has 0 spiro atoms. The highest BCUT2D eigenvalue weighted by Gasteiger charge is 2.25. The zero-order chi connectivity index (χ0) is 20.5.